The Kier molecular flexibility index (Phi) is 8.90. The Balaban J connectivity index is 1.56. The van der Waals surface area contributed by atoms with Gasteiger partial charge in [0, 0.05) is 24.9 Å². The van der Waals surface area contributed by atoms with E-state index in [4.69, 9.17) is 9.84 Å². The summed E-state index contributed by atoms with van der Waals surface area (Å²) in [7, 11) is 0. The molecule has 0 aliphatic heterocycles. The molecule has 2 aromatic rings. The fourth-order valence-corrected chi connectivity index (χ4v) is 4.89. The van der Waals surface area contributed by atoms with Crippen molar-refractivity contribution in [2.45, 2.75) is 52.5 Å². The highest BCUT2D eigenvalue weighted by Gasteiger charge is 2.32. The molecule has 7 heteroatoms. The van der Waals surface area contributed by atoms with Crippen LogP contribution in [0.5, 0.6) is 0 Å². The van der Waals surface area contributed by atoms with Gasteiger partial charge in [-0.1, -0.05) is 69.3 Å². The van der Waals surface area contributed by atoms with Gasteiger partial charge in [-0.25, -0.2) is 4.79 Å². The molecular formula is C28H36N2O5. The first kappa shape index (κ1) is 26.3. The number of carbonyl (C=O) groups excluding carboxylic acids is 2. The highest BCUT2D eigenvalue weighted by molar-refractivity contribution is 5.81. The van der Waals surface area contributed by atoms with Gasteiger partial charge in [-0.3, -0.25) is 9.59 Å². The number of carboxylic acids is 1. The number of hydrogen-bond donors (Lipinski definition) is 3. The molecule has 3 rings (SSSR count). The van der Waals surface area contributed by atoms with Crippen molar-refractivity contribution in [3.8, 4) is 11.1 Å². The Labute approximate surface area is 207 Å². The van der Waals surface area contributed by atoms with Crippen LogP contribution in [0.2, 0.25) is 0 Å². The number of fused-ring (bicyclic) bond motifs is 3. The molecule has 7 nitrogen and oxygen atoms in total. The lowest BCUT2D eigenvalue weighted by Crippen LogP contribution is -2.48. The standard InChI is InChI=1S/C28H36N2O5/c1-17(2)26(27(33)29-15-18(3)13-14-25(31)32)19(4)30-28(34)35-16-24-22-11-7-5-9-20(22)21-10-6-8-12-23(21)24/h5-12,17-19,24,26H,13-16H2,1-4H3,(H,29,33)(H,30,34)(H,31,32). The van der Waals surface area contributed by atoms with E-state index in [2.05, 4.69) is 34.9 Å². The van der Waals surface area contributed by atoms with Crippen molar-refractivity contribution in [2.75, 3.05) is 13.2 Å². The van der Waals surface area contributed by atoms with Crippen LogP contribution in [0.15, 0.2) is 48.5 Å². The summed E-state index contributed by atoms with van der Waals surface area (Å²) in [6.07, 6.45) is 0.0209. The summed E-state index contributed by atoms with van der Waals surface area (Å²) in [4.78, 5) is 36.3. The van der Waals surface area contributed by atoms with Crippen molar-refractivity contribution >= 4 is 18.0 Å². The normalized spacial score (nSPS) is 15.0. The topological polar surface area (TPSA) is 105 Å². The molecule has 2 aromatic carbocycles. The maximum Gasteiger partial charge on any atom is 0.407 e. The molecule has 0 spiro atoms. The van der Waals surface area contributed by atoms with E-state index < -0.39 is 24.0 Å². The lowest BCUT2D eigenvalue weighted by molar-refractivity contribution is -0.137. The van der Waals surface area contributed by atoms with Crippen molar-refractivity contribution in [1.82, 2.24) is 10.6 Å². The fraction of sp³-hybridized carbons (Fsp3) is 0.464. The number of carboxylic acid groups (broad SMARTS) is 1. The van der Waals surface area contributed by atoms with Gasteiger partial charge in [-0.2, -0.15) is 0 Å². The van der Waals surface area contributed by atoms with Crippen LogP contribution in [0.25, 0.3) is 11.1 Å². The summed E-state index contributed by atoms with van der Waals surface area (Å²) in [5.74, 6) is -1.43. The van der Waals surface area contributed by atoms with Crippen molar-refractivity contribution in [1.29, 1.82) is 0 Å². The number of ether oxygens (including phenoxy) is 1. The number of nitrogens with one attached hydrogen (secondary N) is 2. The molecule has 0 heterocycles. The van der Waals surface area contributed by atoms with E-state index in [0.717, 1.165) is 11.1 Å². The molecule has 0 fully saturated rings. The molecule has 0 radical (unpaired) electrons. The smallest absolute Gasteiger partial charge is 0.407 e. The molecule has 0 saturated carbocycles. The highest BCUT2D eigenvalue weighted by Crippen LogP contribution is 2.44. The Morgan fingerprint density at radius 1 is 0.943 bits per heavy atom. The van der Waals surface area contributed by atoms with E-state index in [1.807, 2.05) is 45.0 Å². The third kappa shape index (κ3) is 6.62. The Bertz CT molecular complexity index is 1010. The molecule has 3 atom stereocenters. The molecular weight excluding hydrogens is 444 g/mol. The van der Waals surface area contributed by atoms with Gasteiger partial charge in [0.25, 0.3) is 0 Å². The molecule has 1 aliphatic carbocycles. The van der Waals surface area contributed by atoms with Crippen LogP contribution in [-0.2, 0) is 14.3 Å². The zero-order chi connectivity index (χ0) is 25.5. The predicted molar refractivity (Wildman–Crippen MR) is 135 cm³/mol. The second-order valence-electron chi connectivity index (χ2n) is 9.81. The number of rotatable bonds is 11. The largest absolute Gasteiger partial charge is 0.481 e. The minimum Gasteiger partial charge on any atom is -0.481 e. The van der Waals surface area contributed by atoms with Crippen LogP contribution < -0.4 is 10.6 Å². The van der Waals surface area contributed by atoms with E-state index in [-0.39, 0.29) is 36.7 Å². The second-order valence-corrected chi connectivity index (χ2v) is 9.81. The van der Waals surface area contributed by atoms with Gasteiger partial charge in [0.15, 0.2) is 0 Å². The van der Waals surface area contributed by atoms with Gasteiger partial charge in [0.05, 0.1) is 5.92 Å². The van der Waals surface area contributed by atoms with E-state index in [1.165, 1.54) is 11.1 Å². The first-order chi connectivity index (χ1) is 16.7. The molecule has 3 unspecified atom stereocenters. The summed E-state index contributed by atoms with van der Waals surface area (Å²) in [6, 6.07) is 15.9. The van der Waals surface area contributed by atoms with Crippen LogP contribution in [0, 0.1) is 17.8 Å². The van der Waals surface area contributed by atoms with Crippen molar-refractivity contribution in [3.05, 3.63) is 59.7 Å². The molecule has 0 bridgehead atoms. The summed E-state index contributed by atoms with van der Waals surface area (Å²) < 4.78 is 5.64. The number of carbonyl (C=O) groups is 3. The molecule has 2 amide bonds. The zero-order valence-electron chi connectivity index (χ0n) is 20.9. The predicted octanol–water partition coefficient (Wildman–Crippen LogP) is 4.80. The molecule has 1 aliphatic rings. The van der Waals surface area contributed by atoms with Gasteiger partial charge < -0.3 is 20.5 Å². The summed E-state index contributed by atoms with van der Waals surface area (Å²) in [6.45, 7) is 8.20. The van der Waals surface area contributed by atoms with Gasteiger partial charge >= 0.3 is 12.1 Å². The lowest BCUT2D eigenvalue weighted by atomic mass is 9.88. The van der Waals surface area contributed by atoms with E-state index in [0.29, 0.717) is 13.0 Å². The van der Waals surface area contributed by atoms with Crippen LogP contribution in [0.1, 0.15) is 57.6 Å². The van der Waals surface area contributed by atoms with Crippen molar-refractivity contribution in [3.63, 3.8) is 0 Å². The Hall–Kier alpha value is -3.35. The average molecular weight is 481 g/mol. The number of aliphatic carboxylic acids is 1. The lowest BCUT2D eigenvalue weighted by Gasteiger charge is -2.28. The minimum absolute atomic E-state index is 0.00629. The maximum absolute atomic E-state index is 12.9. The van der Waals surface area contributed by atoms with Crippen molar-refractivity contribution < 1.29 is 24.2 Å². The second kappa shape index (κ2) is 11.9. The quantitative estimate of drug-likeness (QED) is 0.428. The summed E-state index contributed by atoms with van der Waals surface area (Å²) in [5.41, 5.74) is 4.62. The number of alkyl carbamates (subject to hydrolysis) is 1. The third-order valence-electron chi connectivity index (χ3n) is 6.72. The first-order valence-electron chi connectivity index (χ1n) is 12.3. The van der Waals surface area contributed by atoms with Gasteiger partial charge in [0.2, 0.25) is 5.91 Å². The number of hydrogen-bond acceptors (Lipinski definition) is 4. The van der Waals surface area contributed by atoms with E-state index in [9.17, 15) is 14.4 Å². The highest BCUT2D eigenvalue weighted by atomic mass is 16.5. The third-order valence-corrected chi connectivity index (χ3v) is 6.72. The van der Waals surface area contributed by atoms with Crippen LogP contribution in [-0.4, -0.2) is 42.3 Å². The first-order valence-corrected chi connectivity index (χ1v) is 12.3. The summed E-state index contributed by atoms with van der Waals surface area (Å²) in [5, 5.41) is 14.6. The minimum atomic E-state index is -0.843. The average Bonchev–Trinajstić information content (AvgIpc) is 3.13. The number of amides is 2. The summed E-state index contributed by atoms with van der Waals surface area (Å²) >= 11 is 0. The Morgan fingerprint density at radius 3 is 2.06 bits per heavy atom. The zero-order valence-corrected chi connectivity index (χ0v) is 20.9. The monoisotopic (exact) mass is 480 g/mol. The molecule has 35 heavy (non-hydrogen) atoms. The van der Waals surface area contributed by atoms with Crippen LogP contribution >= 0.6 is 0 Å². The van der Waals surface area contributed by atoms with Gasteiger partial charge in [0.1, 0.15) is 6.61 Å². The fourth-order valence-electron chi connectivity index (χ4n) is 4.89. The van der Waals surface area contributed by atoms with E-state index in [1.54, 1.807) is 6.92 Å². The van der Waals surface area contributed by atoms with Gasteiger partial charge in [-0.05, 0) is 47.4 Å². The number of benzene rings is 2. The molecule has 188 valence electrons. The molecule has 0 aromatic heterocycles. The molecule has 0 saturated heterocycles. The Morgan fingerprint density at radius 2 is 1.51 bits per heavy atom. The van der Waals surface area contributed by atoms with Crippen LogP contribution in [0.4, 0.5) is 4.79 Å². The maximum atomic E-state index is 12.9. The SMILES string of the molecule is CC(CCC(=O)O)CNC(=O)C(C(C)C)C(C)NC(=O)OCC1c2ccccc2-c2ccccc21. The van der Waals surface area contributed by atoms with Crippen LogP contribution in [0.3, 0.4) is 0 Å². The molecule has 3 N–H and O–H groups in total. The van der Waals surface area contributed by atoms with Crippen molar-refractivity contribution in [2.24, 2.45) is 17.8 Å². The van der Waals surface area contributed by atoms with E-state index >= 15 is 0 Å². The van der Waals surface area contributed by atoms with Gasteiger partial charge in [-0.15, -0.1) is 0 Å².